The second-order valence-electron chi connectivity index (χ2n) is 5.59. The minimum Gasteiger partial charge on any atom is -0.481 e. The fourth-order valence-electron chi connectivity index (χ4n) is 2.73. The third kappa shape index (κ3) is 2.87. The molecule has 0 aromatic heterocycles. The Bertz CT molecular complexity index is 1030. The molecule has 9 heteroatoms. The van der Waals surface area contributed by atoms with E-state index >= 15 is 0 Å². The second-order valence-corrected chi connectivity index (χ2v) is 7.35. The van der Waals surface area contributed by atoms with Gasteiger partial charge in [0.2, 0.25) is 10.0 Å². The van der Waals surface area contributed by atoms with E-state index in [-0.39, 0.29) is 23.4 Å². The molecule has 0 spiro atoms. The van der Waals surface area contributed by atoms with Gasteiger partial charge in [0.25, 0.3) is 11.8 Å². The Hall–Kier alpha value is -2.78. The van der Waals surface area contributed by atoms with Crippen LogP contribution in [0.2, 0.25) is 0 Å². The van der Waals surface area contributed by atoms with E-state index in [9.17, 15) is 22.8 Å². The van der Waals surface area contributed by atoms with E-state index in [4.69, 9.17) is 5.11 Å². The van der Waals surface area contributed by atoms with Crippen molar-refractivity contribution in [1.29, 1.82) is 0 Å². The van der Waals surface area contributed by atoms with Gasteiger partial charge in [0.1, 0.15) is 0 Å². The first-order valence-electron chi connectivity index (χ1n) is 7.33. The van der Waals surface area contributed by atoms with Gasteiger partial charge in [0, 0.05) is 30.1 Å². The lowest BCUT2D eigenvalue weighted by Crippen LogP contribution is -2.37. The molecule has 130 valence electrons. The Labute approximate surface area is 143 Å². The van der Waals surface area contributed by atoms with Crippen LogP contribution >= 0.6 is 0 Å². The number of hydrogen-bond acceptors (Lipinski definition) is 5. The molecule has 0 aliphatic carbocycles. The van der Waals surface area contributed by atoms with E-state index in [1.807, 2.05) is 0 Å². The van der Waals surface area contributed by atoms with Gasteiger partial charge in [0.15, 0.2) is 0 Å². The molecule has 2 N–H and O–H groups in total. The molecule has 25 heavy (non-hydrogen) atoms. The van der Waals surface area contributed by atoms with E-state index in [1.165, 1.54) is 19.2 Å². The summed E-state index contributed by atoms with van der Waals surface area (Å²) in [7, 11) is -2.66. The average Bonchev–Trinajstić information content (AvgIpc) is 2.56. The Morgan fingerprint density at radius 1 is 1.16 bits per heavy atom. The molecule has 1 aliphatic rings. The molecule has 1 heterocycles. The first kappa shape index (κ1) is 17.1. The van der Waals surface area contributed by atoms with Crippen molar-refractivity contribution in [3.63, 3.8) is 0 Å². The molecule has 8 nitrogen and oxygen atoms in total. The summed E-state index contributed by atoms with van der Waals surface area (Å²) in [6, 6.07) is 7.37. The Balaban J connectivity index is 2.14. The van der Waals surface area contributed by atoms with Crippen LogP contribution in [0.15, 0.2) is 35.2 Å². The van der Waals surface area contributed by atoms with E-state index in [0.29, 0.717) is 16.3 Å². The Kier molecular flexibility index (Phi) is 4.05. The molecule has 0 bridgehead atoms. The predicted octanol–water partition coefficient (Wildman–Crippen LogP) is 0.819. The number of carbonyl (C=O) groups excluding carboxylic acids is 2. The summed E-state index contributed by atoms with van der Waals surface area (Å²) in [6.07, 6.45) is -0.361. The molecular weight excluding hydrogens is 348 g/mol. The molecule has 0 radical (unpaired) electrons. The smallest absolute Gasteiger partial charge is 0.304 e. The van der Waals surface area contributed by atoms with Crippen molar-refractivity contribution < 1.29 is 27.9 Å². The van der Waals surface area contributed by atoms with Crippen molar-refractivity contribution in [2.45, 2.75) is 11.3 Å². The van der Waals surface area contributed by atoms with Crippen molar-refractivity contribution in [2.75, 3.05) is 13.6 Å². The van der Waals surface area contributed by atoms with Gasteiger partial charge in [-0.3, -0.25) is 19.3 Å². The lowest BCUT2D eigenvalue weighted by Gasteiger charge is -2.24. The lowest BCUT2D eigenvalue weighted by atomic mass is 9.94. The number of sulfonamides is 1. The maximum atomic E-state index is 12.4. The highest BCUT2D eigenvalue weighted by atomic mass is 32.2. The quantitative estimate of drug-likeness (QED) is 0.760. The standard InChI is InChI=1S/C16H14N2O6S/c1-18-15(21)11-4-2-3-9-7-10(8-12(14(9)11)16(18)22)25(23,24)17-6-5-13(19)20/h2-4,7-8,17H,5-6H2,1H3,(H,19,20). The number of aliphatic carboxylic acids is 1. The highest BCUT2D eigenvalue weighted by Crippen LogP contribution is 2.31. The molecular formula is C16H14N2O6S. The highest BCUT2D eigenvalue weighted by Gasteiger charge is 2.31. The van der Waals surface area contributed by atoms with Gasteiger partial charge in [-0.2, -0.15) is 0 Å². The van der Waals surface area contributed by atoms with Gasteiger partial charge in [-0.1, -0.05) is 12.1 Å². The molecule has 0 saturated carbocycles. The molecule has 0 saturated heterocycles. The van der Waals surface area contributed by atoms with Crippen LogP contribution < -0.4 is 4.72 Å². The lowest BCUT2D eigenvalue weighted by molar-refractivity contribution is -0.136. The van der Waals surface area contributed by atoms with Crippen LogP contribution in [0.1, 0.15) is 27.1 Å². The van der Waals surface area contributed by atoms with Gasteiger partial charge in [0.05, 0.1) is 11.3 Å². The topological polar surface area (TPSA) is 121 Å². The van der Waals surface area contributed by atoms with E-state index in [0.717, 1.165) is 4.90 Å². The van der Waals surface area contributed by atoms with Crippen molar-refractivity contribution in [3.05, 3.63) is 41.5 Å². The first-order chi connectivity index (χ1) is 11.7. The zero-order valence-electron chi connectivity index (χ0n) is 13.1. The van der Waals surface area contributed by atoms with E-state index in [1.54, 1.807) is 18.2 Å². The van der Waals surface area contributed by atoms with Crippen molar-refractivity contribution in [2.24, 2.45) is 0 Å². The molecule has 0 unspecified atom stereocenters. The number of nitrogens with one attached hydrogen (secondary N) is 1. The Morgan fingerprint density at radius 2 is 1.84 bits per heavy atom. The van der Waals surface area contributed by atoms with Crippen LogP contribution in [0.5, 0.6) is 0 Å². The van der Waals surface area contributed by atoms with Crippen LogP contribution in [0.4, 0.5) is 0 Å². The third-order valence-electron chi connectivity index (χ3n) is 3.96. The van der Waals surface area contributed by atoms with E-state index in [2.05, 4.69) is 4.72 Å². The van der Waals surface area contributed by atoms with Gasteiger partial charge in [-0.15, -0.1) is 0 Å². The number of imide groups is 1. The van der Waals surface area contributed by atoms with Gasteiger partial charge in [-0.25, -0.2) is 13.1 Å². The fourth-order valence-corrected chi connectivity index (χ4v) is 3.82. The second kappa shape index (κ2) is 5.94. The van der Waals surface area contributed by atoms with Gasteiger partial charge >= 0.3 is 5.97 Å². The molecule has 2 amide bonds. The molecule has 0 fully saturated rings. The first-order valence-corrected chi connectivity index (χ1v) is 8.81. The number of hydrogen-bond donors (Lipinski definition) is 2. The van der Waals surface area contributed by atoms with Crippen LogP contribution in [0.25, 0.3) is 10.8 Å². The highest BCUT2D eigenvalue weighted by molar-refractivity contribution is 7.89. The summed E-state index contributed by atoms with van der Waals surface area (Å²) in [5.41, 5.74) is 0.450. The van der Waals surface area contributed by atoms with Crippen molar-refractivity contribution in [1.82, 2.24) is 9.62 Å². The van der Waals surface area contributed by atoms with Crippen LogP contribution in [0.3, 0.4) is 0 Å². The van der Waals surface area contributed by atoms with Crippen LogP contribution in [-0.4, -0.2) is 49.8 Å². The number of carboxylic acid groups (broad SMARTS) is 1. The minimum absolute atomic E-state index is 0.119. The minimum atomic E-state index is -3.99. The largest absolute Gasteiger partial charge is 0.481 e. The monoisotopic (exact) mass is 362 g/mol. The van der Waals surface area contributed by atoms with Gasteiger partial charge in [-0.05, 0) is 23.6 Å². The normalized spacial score (nSPS) is 14.2. The molecule has 3 rings (SSSR count). The van der Waals surface area contributed by atoms with Crippen LogP contribution in [0, 0.1) is 0 Å². The summed E-state index contributed by atoms with van der Waals surface area (Å²) in [5.74, 6) is -2.16. The maximum absolute atomic E-state index is 12.4. The number of carbonyl (C=O) groups is 3. The molecule has 1 aliphatic heterocycles. The molecule has 2 aromatic rings. The van der Waals surface area contributed by atoms with Crippen molar-refractivity contribution in [3.8, 4) is 0 Å². The average molecular weight is 362 g/mol. The zero-order chi connectivity index (χ0) is 18.4. The number of benzene rings is 2. The summed E-state index contributed by atoms with van der Waals surface area (Å²) in [5, 5.41) is 9.48. The SMILES string of the molecule is CN1C(=O)c2cccc3cc(S(=O)(=O)NCCC(=O)O)cc(c23)C1=O. The van der Waals surface area contributed by atoms with Crippen LogP contribution in [-0.2, 0) is 14.8 Å². The Morgan fingerprint density at radius 3 is 2.52 bits per heavy atom. The number of rotatable bonds is 5. The summed E-state index contributed by atoms with van der Waals surface area (Å²) in [4.78, 5) is 35.9. The fraction of sp³-hybridized carbons (Fsp3) is 0.188. The molecule has 0 atom stereocenters. The molecule has 2 aromatic carbocycles. The maximum Gasteiger partial charge on any atom is 0.304 e. The number of nitrogens with zero attached hydrogens (tertiary/aromatic N) is 1. The van der Waals surface area contributed by atoms with E-state index < -0.39 is 27.8 Å². The summed E-state index contributed by atoms with van der Waals surface area (Å²) >= 11 is 0. The van der Waals surface area contributed by atoms with Gasteiger partial charge < -0.3 is 5.11 Å². The number of amides is 2. The zero-order valence-corrected chi connectivity index (χ0v) is 14.0. The number of carboxylic acids is 1. The summed E-state index contributed by atoms with van der Waals surface area (Å²) in [6.45, 7) is -0.266. The third-order valence-corrected chi connectivity index (χ3v) is 5.40. The predicted molar refractivity (Wildman–Crippen MR) is 87.8 cm³/mol. The van der Waals surface area contributed by atoms with Crippen molar-refractivity contribution >= 4 is 38.6 Å². The summed E-state index contributed by atoms with van der Waals surface area (Å²) < 4.78 is 27.0.